The summed E-state index contributed by atoms with van der Waals surface area (Å²) < 4.78 is 7.61. The molecule has 2 saturated heterocycles. The van der Waals surface area contributed by atoms with Crippen molar-refractivity contribution in [2.45, 2.75) is 18.9 Å². The topological polar surface area (TPSA) is 76.4 Å². The fraction of sp³-hybridized carbons (Fsp3) is 0.333. The predicted molar refractivity (Wildman–Crippen MR) is 133 cm³/mol. The Bertz CT molecular complexity index is 1310. The van der Waals surface area contributed by atoms with Gasteiger partial charge in [-0.05, 0) is 31.0 Å². The van der Waals surface area contributed by atoms with Gasteiger partial charge < -0.3 is 14.5 Å². The molecule has 0 N–H and O–H groups in total. The van der Waals surface area contributed by atoms with Crippen LogP contribution in [0.25, 0.3) is 22.4 Å². The molecule has 1 radical (unpaired) electrons. The minimum atomic E-state index is 0.0921. The minimum Gasteiger partial charge on any atom is -0.378 e. The zero-order valence-corrected chi connectivity index (χ0v) is 19.5. The van der Waals surface area contributed by atoms with E-state index in [0.29, 0.717) is 32.1 Å². The summed E-state index contributed by atoms with van der Waals surface area (Å²) in [6.07, 6.45) is 3.56. The van der Waals surface area contributed by atoms with E-state index >= 15 is 0 Å². The third-order valence-corrected chi connectivity index (χ3v) is 6.84. The third kappa shape index (κ3) is 4.25. The molecule has 4 heterocycles. The van der Waals surface area contributed by atoms with E-state index in [2.05, 4.69) is 11.0 Å². The lowest BCUT2D eigenvalue weighted by Gasteiger charge is -2.32. The number of nitrogens with zero attached hydrogens (tertiary/aromatic N) is 6. The maximum absolute atomic E-state index is 12.9. The standard InChI is InChI=1S/C27H27N6O2/c34-27(21-9-5-2-6-10-21)32-13-11-22(12-14-32)33-26-23(19-28-33)25(31-15-17-35-18-16-31)29-24(30-26)20-7-3-1-4-8-20/h2-10,19,22H,11-18H2. The van der Waals surface area contributed by atoms with Gasteiger partial charge in [0.15, 0.2) is 11.5 Å². The fourth-order valence-corrected chi connectivity index (χ4v) is 4.94. The van der Waals surface area contributed by atoms with Crippen molar-refractivity contribution in [3.8, 4) is 11.4 Å². The van der Waals surface area contributed by atoms with Crippen LogP contribution in [0.1, 0.15) is 29.2 Å². The molecule has 0 bridgehead atoms. The van der Waals surface area contributed by atoms with E-state index in [1.165, 1.54) is 0 Å². The summed E-state index contributed by atoms with van der Waals surface area (Å²) in [4.78, 5) is 27.0. The van der Waals surface area contributed by atoms with Crippen molar-refractivity contribution in [3.05, 3.63) is 72.4 Å². The molecule has 2 aromatic carbocycles. The van der Waals surface area contributed by atoms with Crippen LogP contribution < -0.4 is 4.90 Å². The van der Waals surface area contributed by atoms with Gasteiger partial charge in [-0.1, -0.05) is 42.5 Å². The van der Waals surface area contributed by atoms with Crippen LogP contribution in [0.2, 0.25) is 0 Å². The quantitative estimate of drug-likeness (QED) is 0.456. The van der Waals surface area contributed by atoms with E-state index in [4.69, 9.17) is 19.8 Å². The van der Waals surface area contributed by atoms with E-state index in [1.807, 2.05) is 70.4 Å². The average molecular weight is 468 g/mol. The minimum absolute atomic E-state index is 0.0921. The van der Waals surface area contributed by atoms with Gasteiger partial charge >= 0.3 is 0 Å². The van der Waals surface area contributed by atoms with E-state index in [1.54, 1.807) is 0 Å². The Hall–Kier alpha value is -3.78. The summed E-state index contributed by atoms with van der Waals surface area (Å²) in [7, 11) is 0. The summed E-state index contributed by atoms with van der Waals surface area (Å²) in [6, 6.07) is 20.5. The van der Waals surface area contributed by atoms with Gasteiger partial charge in [-0.3, -0.25) is 4.79 Å². The molecular weight excluding hydrogens is 440 g/mol. The Kier molecular flexibility index (Phi) is 5.88. The summed E-state index contributed by atoms with van der Waals surface area (Å²) in [6.45, 7) is 4.34. The molecule has 4 aromatic rings. The number of fused-ring (bicyclic) bond motifs is 1. The highest BCUT2D eigenvalue weighted by atomic mass is 16.5. The number of piperidine rings is 1. The van der Waals surface area contributed by atoms with Gasteiger partial charge in [-0.25, -0.2) is 14.6 Å². The average Bonchev–Trinajstić information content (AvgIpc) is 3.38. The molecule has 6 rings (SSSR count). The summed E-state index contributed by atoms with van der Waals surface area (Å²) >= 11 is 0. The first kappa shape index (κ1) is 21.7. The van der Waals surface area contributed by atoms with Gasteiger partial charge in [0.1, 0.15) is 5.82 Å². The first-order chi connectivity index (χ1) is 17.3. The van der Waals surface area contributed by atoms with Crippen molar-refractivity contribution in [1.29, 1.82) is 0 Å². The molecule has 177 valence electrons. The van der Waals surface area contributed by atoms with E-state index < -0.39 is 0 Å². The van der Waals surface area contributed by atoms with E-state index in [-0.39, 0.29) is 11.9 Å². The molecule has 2 fully saturated rings. The molecule has 0 spiro atoms. The number of likely N-dealkylation sites (tertiary alicyclic amines) is 1. The number of anilines is 1. The van der Waals surface area contributed by atoms with Crippen LogP contribution >= 0.6 is 0 Å². The molecule has 2 aliphatic rings. The highest BCUT2D eigenvalue weighted by molar-refractivity contribution is 5.94. The molecule has 8 heteroatoms. The smallest absolute Gasteiger partial charge is 0.253 e. The zero-order valence-electron chi connectivity index (χ0n) is 19.5. The maximum atomic E-state index is 12.9. The van der Waals surface area contributed by atoms with Crippen molar-refractivity contribution in [3.63, 3.8) is 0 Å². The molecule has 0 saturated carbocycles. The van der Waals surface area contributed by atoms with Crippen LogP contribution in [0.3, 0.4) is 0 Å². The van der Waals surface area contributed by atoms with Crippen molar-refractivity contribution in [2.75, 3.05) is 44.3 Å². The van der Waals surface area contributed by atoms with E-state index in [9.17, 15) is 4.79 Å². The number of morpholine rings is 1. The number of carbonyl (C=O) groups is 1. The highest BCUT2D eigenvalue weighted by Crippen LogP contribution is 2.32. The number of hydrogen-bond donors (Lipinski definition) is 0. The molecule has 0 atom stereocenters. The number of amides is 1. The number of hydrogen-bond acceptors (Lipinski definition) is 6. The van der Waals surface area contributed by atoms with Gasteiger partial charge in [-0.2, -0.15) is 5.10 Å². The predicted octanol–water partition coefficient (Wildman–Crippen LogP) is 3.61. The Balaban J connectivity index is 1.31. The van der Waals surface area contributed by atoms with Crippen LogP contribution in [-0.2, 0) is 4.74 Å². The molecule has 1 amide bonds. The Morgan fingerprint density at radius 1 is 0.943 bits per heavy atom. The van der Waals surface area contributed by atoms with Gasteiger partial charge in [0.25, 0.3) is 5.91 Å². The van der Waals surface area contributed by atoms with Crippen molar-refractivity contribution < 1.29 is 9.53 Å². The SMILES string of the molecule is O=C(c1ccccc1)N1CCC(n2ncc3c(N4CCOCC4)nc(-c4cc[c]cc4)nc32)CC1. The second kappa shape index (κ2) is 9.46. The van der Waals surface area contributed by atoms with Gasteiger partial charge in [0.2, 0.25) is 0 Å². The second-order valence-electron chi connectivity index (χ2n) is 8.97. The lowest BCUT2D eigenvalue weighted by Crippen LogP contribution is -2.39. The largest absolute Gasteiger partial charge is 0.378 e. The Morgan fingerprint density at radius 2 is 1.69 bits per heavy atom. The number of aromatic nitrogens is 4. The zero-order chi connectivity index (χ0) is 23.6. The summed E-state index contributed by atoms with van der Waals surface area (Å²) in [5.41, 5.74) is 2.54. The maximum Gasteiger partial charge on any atom is 0.253 e. The molecule has 35 heavy (non-hydrogen) atoms. The number of benzene rings is 2. The monoisotopic (exact) mass is 467 g/mol. The summed E-state index contributed by atoms with van der Waals surface area (Å²) in [5.74, 6) is 1.69. The van der Waals surface area contributed by atoms with Crippen LogP contribution in [0, 0.1) is 6.07 Å². The first-order valence-corrected chi connectivity index (χ1v) is 12.2. The normalized spacial score (nSPS) is 17.1. The molecule has 2 aliphatic heterocycles. The third-order valence-electron chi connectivity index (χ3n) is 6.84. The van der Waals surface area contributed by atoms with E-state index in [0.717, 1.165) is 53.9 Å². The highest BCUT2D eigenvalue weighted by Gasteiger charge is 2.28. The molecular formula is C27H27N6O2. The number of rotatable bonds is 4. The van der Waals surface area contributed by atoms with Crippen LogP contribution in [0.15, 0.2) is 60.8 Å². The lowest BCUT2D eigenvalue weighted by atomic mass is 10.0. The second-order valence-corrected chi connectivity index (χ2v) is 8.97. The van der Waals surface area contributed by atoms with Gasteiger partial charge in [0, 0.05) is 37.3 Å². The number of ether oxygens (including phenoxy) is 1. The van der Waals surface area contributed by atoms with Crippen LogP contribution in [-0.4, -0.2) is 69.9 Å². The Morgan fingerprint density at radius 3 is 2.43 bits per heavy atom. The molecule has 0 unspecified atom stereocenters. The van der Waals surface area contributed by atoms with Crippen LogP contribution in [0.5, 0.6) is 0 Å². The van der Waals surface area contributed by atoms with Gasteiger partial charge in [0.05, 0.1) is 30.8 Å². The van der Waals surface area contributed by atoms with Crippen LogP contribution in [0.4, 0.5) is 5.82 Å². The first-order valence-electron chi connectivity index (χ1n) is 12.2. The summed E-state index contributed by atoms with van der Waals surface area (Å²) in [5, 5.41) is 5.74. The molecule has 0 aliphatic carbocycles. The van der Waals surface area contributed by atoms with Crippen molar-refractivity contribution in [1.82, 2.24) is 24.6 Å². The lowest BCUT2D eigenvalue weighted by molar-refractivity contribution is 0.0691. The molecule has 8 nitrogen and oxygen atoms in total. The van der Waals surface area contributed by atoms with Gasteiger partial charge in [-0.15, -0.1) is 0 Å². The Labute approximate surface area is 204 Å². The number of carbonyl (C=O) groups excluding carboxylic acids is 1. The van der Waals surface area contributed by atoms with Crippen molar-refractivity contribution >= 4 is 22.8 Å². The van der Waals surface area contributed by atoms with Crippen molar-refractivity contribution in [2.24, 2.45) is 0 Å². The fourth-order valence-electron chi connectivity index (χ4n) is 4.94. The molecule has 2 aromatic heterocycles.